The van der Waals surface area contributed by atoms with Crippen molar-refractivity contribution < 1.29 is 0 Å². The molecule has 0 spiro atoms. The maximum atomic E-state index is 8.81. The van der Waals surface area contributed by atoms with Gasteiger partial charge in [-0.3, -0.25) is 4.98 Å². The lowest BCUT2D eigenvalue weighted by Crippen LogP contribution is -1.89. The zero-order valence-corrected chi connectivity index (χ0v) is 7.15. The van der Waals surface area contributed by atoms with E-state index in [-0.39, 0.29) is 0 Å². The second-order valence-electron chi connectivity index (χ2n) is 2.80. The quantitative estimate of drug-likeness (QED) is 0.604. The summed E-state index contributed by atoms with van der Waals surface area (Å²) in [5.41, 5.74) is 2.86. The lowest BCUT2D eigenvalue weighted by Gasteiger charge is -1.98. The predicted molar refractivity (Wildman–Crippen MR) is 49.0 cm³/mol. The molecule has 0 amide bonds. The number of aryl methyl sites for hydroxylation is 1. The Morgan fingerprint density at radius 2 is 2.23 bits per heavy atom. The first-order chi connectivity index (χ1) is 6.31. The first-order valence-corrected chi connectivity index (χ1v) is 3.94. The average molecular weight is 169 g/mol. The molecule has 13 heavy (non-hydrogen) atoms. The second-order valence-corrected chi connectivity index (χ2v) is 2.80. The van der Waals surface area contributed by atoms with Crippen LogP contribution in [-0.4, -0.2) is 9.97 Å². The molecule has 0 unspecified atom stereocenters. The van der Waals surface area contributed by atoms with Crippen molar-refractivity contribution in [1.29, 1.82) is 5.26 Å². The maximum absolute atomic E-state index is 8.81. The molecular formula is C10H7N3. The fourth-order valence-electron chi connectivity index (χ4n) is 1.21. The molecule has 0 fully saturated rings. The fraction of sp³-hybridized carbons (Fsp3) is 0.100. The van der Waals surface area contributed by atoms with Crippen LogP contribution in [0.5, 0.6) is 0 Å². The van der Waals surface area contributed by atoms with Crippen molar-refractivity contribution in [3.63, 3.8) is 0 Å². The van der Waals surface area contributed by atoms with Crippen LogP contribution in [0.1, 0.15) is 11.3 Å². The largest absolute Gasteiger partial charge is 0.253 e. The number of fused-ring (bicyclic) bond motifs is 1. The lowest BCUT2D eigenvalue weighted by molar-refractivity contribution is 1.18. The fourth-order valence-corrected chi connectivity index (χ4v) is 1.21. The number of para-hydroxylation sites is 1. The number of hydrogen-bond acceptors (Lipinski definition) is 3. The molecule has 0 aliphatic rings. The van der Waals surface area contributed by atoms with Gasteiger partial charge in [-0.25, -0.2) is 4.98 Å². The van der Waals surface area contributed by atoms with Crippen LogP contribution in [0.2, 0.25) is 0 Å². The van der Waals surface area contributed by atoms with E-state index < -0.39 is 0 Å². The summed E-state index contributed by atoms with van der Waals surface area (Å²) in [5, 5.41) is 8.81. The molecule has 0 N–H and O–H groups in total. The zero-order valence-electron chi connectivity index (χ0n) is 7.15. The topological polar surface area (TPSA) is 49.6 Å². The highest BCUT2D eigenvalue weighted by Gasteiger charge is 2.01. The molecule has 0 atom stereocenters. The third-order valence-electron chi connectivity index (χ3n) is 1.81. The molecule has 1 heterocycles. The minimum atomic E-state index is 0.578. The van der Waals surface area contributed by atoms with E-state index in [1.807, 2.05) is 19.1 Å². The van der Waals surface area contributed by atoms with Gasteiger partial charge in [-0.2, -0.15) is 5.26 Å². The third kappa shape index (κ3) is 1.23. The molecule has 2 aromatic rings. The van der Waals surface area contributed by atoms with Gasteiger partial charge >= 0.3 is 0 Å². The summed E-state index contributed by atoms with van der Waals surface area (Å²) in [4.78, 5) is 8.44. The SMILES string of the molecule is Cc1cnc2cccc(C#N)c2n1. The van der Waals surface area contributed by atoms with E-state index in [9.17, 15) is 0 Å². The highest BCUT2D eigenvalue weighted by atomic mass is 14.8. The summed E-state index contributed by atoms with van der Waals surface area (Å²) >= 11 is 0. The van der Waals surface area contributed by atoms with Crippen LogP contribution in [0, 0.1) is 18.3 Å². The third-order valence-corrected chi connectivity index (χ3v) is 1.81. The molecular weight excluding hydrogens is 162 g/mol. The van der Waals surface area contributed by atoms with Gasteiger partial charge in [0.25, 0.3) is 0 Å². The van der Waals surface area contributed by atoms with Crippen molar-refractivity contribution in [2.45, 2.75) is 6.92 Å². The number of aromatic nitrogens is 2. The molecule has 0 radical (unpaired) electrons. The van der Waals surface area contributed by atoms with Crippen LogP contribution < -0.4 is 0 Å². The van der Waals surface area contributed by atoms with E-state index in [2.05, 4.69) is 16.0 Å². The Hall–Kier alpha value is -1.95. The van der Waals surface area contributed by atoms with Crippen molar-refractivity contribution in [2.75, 3.05) is 0 Å². The Labute approximate surface area is 75.7 Å². The standard InChI is InChI=1S/C10H7N3/c1-7-6-12-9-4-2-3-8(5-11)10(9)13-7/h2-4,6H,1H3. The van der Waals surface area contributed by atoms with E-state index in [0.717, 1.165) is 11.2 Å². The molecule has 1 aromatic carbocycles. The van der Waals surface area contributed by atoms with E-state index in [1.165, 1.54) is 0 Å². The maximum Gasteiger partial charge on any atom is 0.107 e. The Balaban J connectivity index is 2.89. The highest BCUT2D eigenvalue weighted by Crippen LogP contribution is 2.13. The molecule has 0 aliphatic heterocycles. The number of nitriles is 1. The van der Waals surface area contributed by atoms with Crippen molar-refractivity contribution in [2.24, 2.45) is 0 Å². The lowest BCUT2D eigenvalue weighted by atomic mass is 10.2. The van der Waals surface area contributed by atoms with Crippen molar-refractivity contribution in [3.05, 3.63) is 35.7 Å². The zero-order chi connectivity index (χ0) is 9.26. The van der Waals surface area contributed by atoms with Crippen LogP contribution >= 0.6 is 0 Å². The van der Waals surface area contributed by atoms with Gasteiger partial charge in [0.2, 0.25) is 0 Å². The van der Waals surface area contributed by atoms with Gasteiger partial charge in [0.05, 0.1) is 16.8 Å². The number of rotatable bonds is 0. The number of benzene rings is 1. The predicted octanol–water partition coefficient (Wildman–Crippen LogP) is 1.81. The molecule has 3 heteroatoms. The van der Waals surface area contributed by atoms with Crippen LogP contribution in [0.3, 0.4) is 0 Å². The minimum Gasteiger partial charge on any atom is -0.253 e. The van der Waals surface area contributed by atoms with Gasteiger partial charge < -0.3 is 0 Å². The Kier molecular flexibility index (Phi) is 1.67. The summed E-state index contributed by atoms with van der Waals surface area (Å²) in [7, 11) is 0. The van der Waals surface area contributed by atoms with Crippen molar-refractivity contribution in [1.82, 2.24) is 9.97 Å². The van der Waals surface area contributed by atoms with Crippen LogP contribution in [-0.2, 0) is 0 Å². The molecule has 0 bridgehead atoms. The molecule has 3 nitrogen and oxygen atoms in total. The monoisotopic (exact) mass is 169 g/mol. The summed E-state index contributed by atoms with van der Waals surface area (Å²) in [6.07, 6.45) is 1.70. The second kappa shape index (κ2) is 2.83. The van der Waals surface area contributed by atoms with Gasteiger partial charge in [0, 0.05) is 6.20 Å². The molecule has 0 aliphatic carbocycles. The van der Waals surface area contributed by atoms with Gasteiger partial charge in [-0.05, 0) is 19.1 Å². The van der Waals surface area contributed by atoms with Crippen LogP contribution in [0.4, 0.5) is 0 Å². The van der Waals surface area contributed by atoms with Gasteiger partial charge in [-0.1, -0.05) is 6.07 Å². The number of hydrogen-bond donors (Lipinski definition) is 0. The van der Waals surface area contributed by atoms with Crippen molar-refractivity contribution >= 4 is 11.0 Å². The molecule has 0 saturated heterocycles. The van der Waals surface area contributed by atoms with E-state index >= 15 is 0 Å². The van der Waals surface area contributed by atoms with E-state index in [1.54, 1.807) is 12.3 Å². The first kappa shape index (κ1) is 7.69. The molecule has 62 valence electrons. The smallest absolute Gasteiger partial charge is 0.107 e. The summed E-state index contributed by atoms with van der Waals surface area (Å²) in [5.74, 6) is 0. The summed E-state index contributed by atoms with van der Waals surface area (Å²) in [6.45, 7) is 1.86. The van der Waals surface area contributed by atoms with Gasteiger partial charge in [0.1, 0.15) is 11.6 Å². The normalized spacial score (nSPS) is 9.85. The molecule has 0 saturated carbocycles. The van der Waals surface area contributed by atoms with E-state index in [0.29, 0.717) is 11.1 Å². The summed E-state index contributed by atoms with van der Waals surface area (Å²) < 4.78 is 0. The molecule has 1 aromatic heterocycles. The van der Waals surface area contributed by atoms with Gasteiger partial charge in [0.15, 0.2) is 0 Å². The van der Waals surface area contributed by atoms with Crippen LogP contribution in [0.15, 0.2) is 24.4 Å². The molecule has 2 rings (SSSR count). The van der Waals surface area contributed by atoms with Gasteiger partial charge in [-0.15, -0.1) is 0 Å². The number of nitrogens with zero attached hydrogens (tertiary/aromatic N) is 3. The Morgan fingerprint density at radius 3 is 3.00 bits per heavy atom. The highest BCUT2D eigenvalue weighted by molar-refractivity contribution is 5.80. The Bertz CT molecular complexity index is 497. The van der Waals surface area contributed by atoms with Crippen LogP contribution in [0.25, 0.3) is 11.0 Å². The average Bonchev–Trinajstić information content (AvgIpc) is 2.17. The first-order valence-electron chi connectivity index (χ1n) is 3.94. The minimum absolute atomic E-state index is 0.578. The summed E-state index contributed by atoms with van der Waals surface area (Å²) in [6, 6.07) is 7.50. The Morgan fingerprint density at radius 1 is 1.38 bits per heavy atom. The van der Waals surface area contributed by atoms with Crippen molar-refractivity contribution in [3.8, 4) is 6.07 Å². The van der Waals surface area contributed by atoms with E-state index in [4.69, 9.17) is 5.26 Å².